The van der Waals surface area contributed by atoms with Crippen LogP contribution in [0.2, 0.25) is 0 Å². The highest BCUT2D eigenvalue weighted by Gasteiger charge is 2.26. The Labute approximate surface area is 136 Å². The van der Waals surface area contributed by atoms with Crippen LogP contribution in [0.4, 0.5) is 5.82 Å². The molecule has 0 bridgehead atoms. The summed E-state index contributed by atoms with van der Waals surface area (Å²) in [7, 11) is 1.64. The number of aromatic amines is 1. The highest BCUT2D eigenvalue weighted by atomic mass is 16.5. The number of carbonyl (C=O) groups excluding carboxylic acids is 1. The number of hydrogen-bond donors (Lipinski definition) is 0. The van der Waals surface area contributed by atoms with Crippen LogP contribution in [0.15, 0.2) is 48.7 Å². The number of piperazine rings is 1. The van der Waals surface area contributed by atoms with Crippen molar-refractivity contribution in [2.45, 2.75) is 6.42 Å². The maximum atomic E-state index is 12.5. The quantitative estimate of drug-likeness (QED) is 0.857. The van der Waals surface area contributed by atoms with Crippen molar-refractivity contribution in [2.75, 3.05) is 38.2 Å². The molecule has 1 aliphatic heterocycles. The van der Waals surface area contributed by atoms with E-state index in [4.69, 9.17) is 4.74 Å². The summed E-state index contributed by atoms with van der Waals surface area (Å²) in [6.45, 7) is 3.18. The van der Waals surface area contributed by atoms with Crippen molar-refractivity contribution in [3.63, 3.8) is 0 Å². The van der Waals surface area contributed by atoms with Crippen molar-refractivity contribution in [1.82, 2.24) is 4.90 Å². The number of nitrogens with zero attached hydrogens (tertiary/aromatic N) is 2. The first-order valence-corrected chi connectivity index (χ1v) is 7.89. The van der Waals surface area contributed by atoms with Gasteiger partial charge in [0.05, 0.1) is 32.8 Å². The summed E-state index contributed by atoms with van der Waals surface area (Å²) in [5.74, 6) is 2.04. The molecular weight excluding hydrogens is 290 g/mol. The number of carbonyl (C=O) groups is 1. The van der Waals surface area contributed by atoms with Crippen molar-refractivity contribution in [3.05, 3.63) is 54.2 Å². The molecule has 1 aromatic heterocycles. The van der Waals surface area contributed by atoms with Gasteiger partial charge in [-0.2, -0.15) is 0 Å². The van der Waals surface area contributed by atoms with Crippen LogP contribution in [0.5, 0.6) is 5.75 Å². The van der Waals surface area contributed by atoms with E-state index in [1.165, 1.54) is 0 Å². The van der Waals surface area contributed by atoms with Crippen LogP contribution in [-0.2, 0) is 11.2 Å². The highest BCUT2D eigenvalue weighted by Crippen LogP contribution is 2.19. The van der Waals surface area contributed by atoms with Gasteiger partial charge in [-0.3, -0.25) is 9.69 Å². The monoisotopic (exact) mass is 312 g/mol. The molecule has 5 nitrogen and oxygen atoms in total. The van der Waals surface area contributed by atoms with Crippen molar-refractivity contribution in [1.29, 1.82) is 0 Å². The molecule has 0 unspecified atom stereocenters. The average Bonchev–Trinajstić information content (AvgIpc) is 2.63. The van der Waals surface area contributed by atoms with Crippen LogP contribution in [0.25, 0.3) is 0 Å². The van der Waals surface area contributed by atoms with Gasteiger partial charge < -0.3 is 9.64 Å². The Morgan fingerprint density at radius 1 is 1.09 bits per heavy atom. The molecule has 23 heavy (non-hydrogen) atoms. The Balaban J connectivity index is 1.58. The third kappa shape index (κ3) is 3.62. The molecule has 1 amide bonds. The molecule has 0 saturated carbocycles. The van der Waals surface area contributed by atoms with Crippen LogP contribution in [0, 0.1) is 0 Å². The average molecular weight is 312 g/mol. The van der Waals surface area contributed by atoms with Gasteiger partial charge in [0, 0.05) is 11.6 Å². The number of methoxy groups -OCH3 is 1. The lowest BCUT2D eigenvalue weighted by molar-refractivity contribution is -0.364. The summed E-state index contributed by atoms with van der Waals surface area (Å²) in [5.41, 5.74) is 0.943. The number of benzene rings is 1. The standard InChI is InChI=1S/C18H21N3O2/c1-23-16-7-3-2-6-15(16)14-18(22)21-12-10-20(11-13-21)17-8-4-5-9-19-17/h2-9H,10-14H2,1H3/p+1. The predicted octanol–water partition coefficient (Wildman–Crippen LogP) is 1.40. The number of ether oxygens (including phenoxy) is 1. The number of amides is 1. The molecule has 0 atom stereocenters. The lowest BCUT2D eigenvalue weighted by Crippen LogP contribution is -2.50. The molecular formula is C18H22N3O2+. The number of pyridine rings is 1. The van der Waals surface area contributed by atoms with Gasteiger partial charge in [0.1, 0.15) is 18.8 Å². The first kappa shape index (κ1) is 15.3. The minimum Gasteiger partial charge on any atom is -0.496 e. The number of H-pyrrole nitrogens is 1. The zero-order valence-electron chi connectivity index (χ0n) is 13.4. The molecule has 0 aliphatic carbocycles. The number of aromatic nitrogens is 1. The molecule has 1 aromatic carbocycles. The molecule has 3 rings (SSSR count). The third-order valence-electron chi connectivity index (χ3n) is 4.20. The fraction of sp³-hybridized carbons (Fsp3) is 0.333. The molecule has 1 aliphatic rings. The molecule has 0 spiro atoms. The van der Waals surface area contributed by atoms with Crippen LogP contribution in [0.1, 0.15) is 5.56 Å². The Hall–Kier alpha value is -2.56. The lowest BCUT2D eigenvalue weighted by atomic mass is 10.1. The molecule has 1 saturated heterocycles. The van der Waals surface area contributed by atoms with Crippen molar-refractivity contribution in [2.24, 2.45) is 0 Å². The third-order valence-corrected chi connectivity index (χ3v) is 4.20. The maximum Gasteiger partial charge on any atom is 0.274 e. The van der Waals surface area contributed by atoms with E-state index in [0.717, 1.165) is 43.3 Å². The maximum absolute atomic E-state index is 12.5. The van der Waals surface area contributed by atoms with Gasteiger partial charge in [-0.1, -0.05) is 24.3 Å². The van der Waals surface area contributed by atoms with E-state index in [1.807, 2.05) is 47.5 Å². The summed E-state index contributed by atoms with van der Waals surface area (Å²) in [6, 6.07) is 13.8. The first-order valence-electron chi connectivity index (χ1n) is 7.89. The topological polar surface area (TPSA) is 46.9 Å². The summed E-state index contributed by atoms with van der Waals surface area (Å²) in [4.78, 5) is 20.0. The zero-order valence-corrected chi connectivity index (χ0v) is 13.4. The Kier molecular flexibility index (Phi) is 4.76. The molecule has 2 heterocycles. The predicted molar refractivity (Wildman–Crippen MR) is 88.5 cm³/mol. The van der Waals surface area contributed by atoms with E-state index in [0.29, 0.717) is 6.42 Å². The Morgan fingerprint density at radius 3 is 2.52 bits per heavy atom. The summed E-state index contributed by atoms with van der Waals surface area (Å²) in [6.07, 6.45) is 2.32. The SMILES string of the molecule is COc1ccccc1CC(=O)N1CCN(c2cccc[nH+]2)CC1. The zero-order chi connectivity index (χ0) is 16.1. The molecule has 1 N–H and O–H groups in total. The summed E-state index contributed by atoms with van der Waals surface area (Å²) >= 11 is 0. The number of hydrogen-bond acceptors (Lipinski definition) is 3. The van der Waals surface area contributed by atoms with Crippen LogP contribution in [0.3, 0.4) is 0 Å². The van der Waals surface area contributed by atoms with Gasteiger partial charge in [0.25, 0.3) is 5.82 Å². The first-order chi connectivity index (χ1) is 11.3. The van der Waals surface area contributed by atoms with Gasteiger partial charge in [-0.15, -0.1) is 0 Å². The minimum atomic E-state index is 0.159. The van der Waals surface area contributed by atoms with E-state index in [2.05, 4.69) is 16.0 Å². The number of nitrogens with one attached hydrogen (secondary N) is 1. The highest BCUT2D eigenvalue weighted by molar-refractivity contribution is 5.79. The lowest BCUT2D eigenvalue weighted by Gasteiger charge is -2.31. The normalized spacial score (nSPS) is 14.7. The van der Waals surface area contributed by atoms with E-state index in [1.54, 1.807) is 7.11 Å². The van der Waals surface area contributed by atoms with Gasteiger partial charge in [0.15, 0.2) is 0 Å². The van der Waals surface area contributed by atoms with E-state index >= 15 is 0 Å². The number of para-hydroxylation sites is 1. The molecule has 1 fully saturated rings. The van der Waals surface area contributed by atoms with Gasteiger partial charge in [-0.25, -0.2) is 4.98 Å². The second-order valence-corrected chi connectivity index (χ2v) is 5.60. The fourth-order valence-corrected chi connectivity index (χ4v) is 2.90. The molecule has 2 aromatic rings. The van der Waals surface area contributed by atoms with Gasteiger partial charge >= 0.3 is 0 Å². The Morgan fingerprint density at radius 2 is 1.83 bits per heavy atom. The van der Waals surface area contributed by atoms with Gasteiger partial charge in [-0.05, 0) is 12.1 Å². The van der Waals surface area contributed by atoms with E-state index in [9.17, 15) is 4.79 Å². The second-order valence-electron chi connectivity index (χ2n) is 5.60. The van der Waals surface area contributed by atoms with Crippen molar-refractivity contribution in [3.8, 4) is 5.75 Å². The number of rotatable bonds is 4. The molecule has 5 heteroatoms. The molecule has 0 radical (unpaired) electrons. The smallest absolute Gasteiger partial charge is 0.274 e. The van der Waals surface area contributed by atoms with E-state index in [-0.39, 0.29) is 5.91 Å². The van der Waals surface area contributed by atoms with Crippen LogP contribution < -0.4 is 14.6 Å². The summed E-state index contributed by atoms with van der Waals surface area (Å²) in [5, 5.41) is 0. The van der Waals surface area contributed by atoms with Crippen molar-refractivity contribution < 1.29 is 14.5 Å². The molecule has 120 valence electrons. The number of anilines is 1. The van der Waals surface area contributed by atoms with Gasteiger partial charge in [0.2, 0.25) is 5.91 Å². The van der Waals surface area contributed by atoms with Crippen LogP contribution >= 0.6 is 0 Å². The van der Waals surface area contributed by atoms with Crippen LogP contribution in [-0.4, -0.2) is 44.1 Å². The minimum absolute atomic E-state index is 0.159. The second kappa shape index (κ2) is 7.13. The Bertz CT molecular complexity index is 652. The largest absolute Gasteiger partial charge is 0.496 e. The van der Waals surface area contributed by atoms with Crippen molar-refractivity contribution >= 4 is 11.7 Å². The summed E-state index contributed by atoms with van der Waals surface area (Å²) < 4.78 is 5.33. The fourth-order valence-electron chi connectivity index (χ4n) is 2.90. The van der Waals surface area contributed by atoms with E-state index < -0.39 is 0 Å².